The van der Waals surface area contributed by atoms with Gasteiger partial charge in [-0.15, -0.1) is 24.0 Å². The van der Waals surface area contributed by atoms with Crippen LogP contribution in [0.4, 0.5) is 0 Å². The first-order valence-electron chi connectivity index (χ1n) is 10.3. The Balaban J connectivity index is 0.00000300. The van der Waals surface area contributed by atoms with Crippen LogP contribution in [-0.2, 0) is 11.3 Å². The molecular formula is C21H36IN5O2. The number of ether oxygens (including phenoxy) is 2. The number of hydrogen-bond donors (Lipinski definition) is 1. The molecule has 1 unspecified atom stereocenters. The van der Waals surface area contributed by atoms with Gasteiger partial charge < -0.3 is 24.6 Å². The molecule has 0 saturated carbocycles. The van der Waals surface area contributed by atoms with Gasteiger partial charge in [-0.2, -0.15) is 0 Å². The van der Waals surface area contributed by atoms with E-state index in [-0.39, 0.29) is 24.0 Å². The fraction of sp³-hybridized carbons (Fsp3) is 0.667. The maximum Gasteiger partial charge on any atom is 0.193 e. The van der Waals surface area contributed by atoms with Crippen molar-refractivity contribution in [3.63, 3.8) is 0 Å². The van der Waals surface area contributed by atoms with E-state index < -0.39 is 0 Å². The van der Waals surface area contributed by atoms with E-state index >= 15 is 0 Å². The second-order valence-corrected chi connectivity index (χ2v) is 7.70. The Kier molecular flexibility index (Phi) is 10.5. The van der Waals surface area contributed by atoms with Gasteiger partial charge in [0.2, 0.25) is 0 Å². The predicted molar refractivity (Wildman–Crippen MR) is 128 cm³/mol. The molecule has 7 nitrogen and oxygen atoms in total. The third-order valence-electron chi connectivity index (χ3n) is 5.44. The number of rotatable bonds is 7. The van der Waals surface area contributed by atoms with Gasteiger partial charge in [0.15, 0.2) is 5.96 Å². The van der Waals surface area contributed by atoms with Crippen LogP contribution in [0.3, 0.4) is 0 Å². The molecule has 2 aliphatic rings. The number of likely N-dealkylation sites (N-methyl/N-ethyl adjacent to an activating group) is 1. The van der Waals surface area contributed by atoms with Crippen LogP contribution in [0.5, 0.6) is 5.75 Å². The van der Waals surface area contributed by atoms with E-state index in [1.54, 1.807) is 0 Å². The molecule has 1 aromatic rings. The number of halogens is 1. The molecule has 1 atom stereocenters. The molecule has 2 aliphatic heterocycles. The number of para-hydroxylation sites is 1. The Morgan fingerprint density at radius 3 is 2.72 bits per heavy atom. The lowest BCUT2D eigenvalue weighted by Crippen LogP contribution is -2.46. The van der Waals surface area contributed by atoms with E-state index in [9.17, 15) is 0 Å². The number of benzene rings is 1. The molecule has 1 N–H and O–H groups in total. The van der Waals surface area contributed by atoms with E-state index in [0.717, 1.165) is 63.2 Å². The van der Waals surface area contributed by atoms with Crippen LogP contribution in [-0.4, -0.2) is 100 Å². The first-order chi connectivity index (χ1) is 13.7. The number of nitrogens with one attached hydrogen (secondary N) is 1. The lowest BCUT2D eigenvalue weighted by atomic mass is 10.2. The third-order valence-corrected chi connectivity index (χ3v) is 5.44. The van der Waals surface area contributed by atoms with Gasteiger partial charge in [-0.1, -0.05) is 18.2 Å². The monoisotopic (exact) mass is 517 g/mol. The smallest absolute Gasteiger partial charge is 0.193 e. The number of guanidine groups is 1. The Morgan fingerprint density at radius 2 is 2.00 bits per heavy atom. The van der Waals surface area contributed by atoms with Gasteiger partial charge in [-0.25, -0.2) is 0 Å². The van der Waals surface area contributed by atoms with Crippen molar-refractivity contribution in [2.24, 2.45) is 4.99 Å². The summed E-state index contributed by atoms with van der Waals surface area (Å²) in [5.74, 6) is 1.92. The van der Waals surface area contributed by atoms with Gasteiger partial charge >= 0.3 is 0 Å². The SMILES string of the molecule is CN=C(NCc1ccccc1OCCN(C)C)N1CCC(N2CCOCC2)C1.I. The average Bonchev–Trinajstić information content (AvgIpc) is 3.20. The van der Waals surface area contributed by atoms with Crippen LogP contribution in [0.15, 0.2) is 29.3 Å². The van der Waals surface area contributed by atoms with Gasteiger partial charge in [0.05, 0.1) is 13.2 Å². The summed E-state index contributed by atoms with van der Waals surface area (Å²) in [4.78, 5) is 11.6. The molecule has 0 spiro atoms. The van der Waals surface area contributed by atoms with Crippen LogP contribution in [0.2, 0.25) is 0 Å². The van der Waals surface area contributed by atoms with E-state index in [4.69, 9.17) is 9.47 Å². The number of nitrogens with zero attached hydrogens (tertiary/aromatic N) is 4. The lowest BCUT2D eigenvalue weighted by molar-refractivity contribution is 0.0195. The maximum absolute atomic E-state index is 5.98. The maximum atomic E-state index is 5.98. The highest BCUT2D eigenvalue weighted by Crippen LogP contribution is 2.19. The summed E-state index contributed by atoms with van der Waals surface area (Å²) < 4.78 is 11.5. The molecule has 2 fully saturated rings. The molecule has 164 valence electrons. The summed E-state index contributed by atoms with van der Waals surface area (Å²) in [6, 6.07) is 8.84. The molecule has 0 aromatic heterocycles. The van der Waals surface area contributed by atoms with Crippen molar-refractivity contribution in [2.45, 2.75) is 19.0 Å². The van der Waals surface area contributed by atoms with Crippen molar-refractivity contribution in [3.05, 3.63) is 29.8 Å². The quantitative estimate of drug-likeness (QED) is 0.338. The van der Waals surface area contributed by atoms with Crippen molar-refractivity contribution < 1.29 is 9.47 Å². The normalized spacial score (nSPS) is 20.6. The van der Waals surface area contributed by atoms with Crippen molar-refractivity contribution in [1.82, 2.24) is 20.0 Å². The molecule has 3 rings (SSSR count). The van der Waals surface area contributed by atoms with Gasteiger partial charge in [-0.3, -0.25) is 9.89 Å². The molecule has 1 aromatic carbocycles. The number of likely N-dealkylation sites (tertiary alicyclic amines) is 1. The molecule has 0 bridgehead atoms. The molecule has 2 heterocycles. The highest BCUT2D eigenvalue weighted by molar-refractivity contribution is 14.0. The molecule has 0 amide bonds. The minimum atomic E-state index is 0. The molecule has 29 heavy (non-hydrogen) atoms. The van der Waals surface area contributed by atoms with Gasteiger partial charge in [0.25, 0.3) is 0 Å². The second kappa shape index (κ2) is 12.6. The summed E-state index contributed by atoms with van der Waals surface area (Å²) >= 11 is 0. The van der Waals surface area contributed by atoms with Crippen molar-refractivity contribution in [3.8, 4) is 5.75 Å². The zero-order valence-electron chi connectivity index (χ0n) is 18.0. The Morgan fingerprint density at radius 1 is 1.24 bits per heavy atom. The van der Waals surface area contributed by atoms with Crippen LogP contribution < -0.4 is 10.1 Å². The highest BCUT2D eigenvalue weighted by Gasteiger charge is 2.30. The average molecular weight is 517 g/mol. The van der Waals surface area contributed by atoms with Gasteiger partial charge in [0.1, 0.15) is 12.4 Å². The van der Waals surface area contributed by atoms with E-state index in [1.807, 2.05) is 19.2 Å². The zero-order valence-corrected chi connectivity index (χ0v) is 20.3. The Bertz CT molecular complexity index is 637. The summed E-state index contributed by atoms with van der Waals surface area (Å²) in [5, 5.41) is 3.53. The van der Waals surface area contributed by atoms with Crippen LogP contribution in [0.25, 0.3) is 0 Å². The largest absolute Gasteiger partial charge is 0.492 e. The van der Waals surface area contributed by atoms with Crippen LogP contribution >= 0.6 is 24.0 Å². The molecule has 0 aliphatic carbocycles. The van der Waals surface area contributed by atoms with E-state index in [1.165, 1.54) is 6.42 Å². The molecule has 2 saturated heterocycles. The van der Waals surface area contributed by atoms with E-state index in [0.29, 0.717) is 19.2 Å². The van der Waals surface area contributed by atoms with Crippen LogP contribution in [0, 0.1) is 0 Å². The fourth-order valence-corrected chi connectivity index (χ4v) is 3.81. The highest BCUT2D eigenvalue weighted by atomic mass is 127. The minimum absolute atomic E-state index is 0. The number of aliphatic imine (C=N–C) groups is 1. The van der Waals surface area contributed by atoms with Gasteiger partial charge in [0, 0.05) is 57.9 Å². The van der Waals surface area contributed by atoms with Crippen molar-refractivity contribution in [1.29, 1.82) is 0 Å². The minimum Gasteiger partial charge on any atom is -0.492 e. The standard InChI is InChI=1S/C21H35N5O2.HI/c1-22-21(26-9-8-19(17-26)25-11-13-27-14-12-25)23-16-18-6-4-5-7-20(18)28-15-10-24(2)3;/h4-7,19H,8-17H2,1-3H3,(H,22,23);1H. The zero-order chi connectivity index (χ0) is 19.8. The molecule has 0 radical (unpaired) electrons. The predicted octanol–water partition coefficient (Wildman–Crippen LogP) is 1.73. The van der Waals surface area contributed by atoms with Crippen molar-refractivity contribution in [2.75, 3.05) is 73.7 Å². The van der Waals surface area contributed by atoms with E-state index in [2.05, 4.69) is 51.2 Å². The summed E-state index contributed by atoms with van der Waals surface area (Å²) in [6.45, 7) is 8.17. The Labute approximate surface area is 192 Å². The fourth-order valence-electron chi connectivity index (χ4n) is 3.81. The first kappa shape index (κ1) is 24.2. The number of morpholine rings is 1. The Hall–Kier alpha value is -1.10. The summed E-state index contributed by atoms with van der Waals surface area (Å²) in [7, 11) is 5.98. The molecule has 8 heteroatoms. The topological polar surface area (TPSA) is 52.6 Å². The number of hydrogen-bond acceptors (Lipinski definition) is 5. The third kappa shape index (κ3) is 7.27. The summed E-state index contributed by atoms with van der Waals surface area (Å²) in [6.07, 6.45) is 1.19. The summed E-state index contributed by atoms with van der Waals surface area (Å²) in [5.41, 5.74) is 1.16. The first-order valence-corrected chi connectivity index (χ1v) is 10.3. The van der Waals surface area contributed by atoms with Crippen LogP contribution in [0.1, 0.15) is 12.0 Å². The van der Waals surface area contributed by atoms with Crippen molar-refractivity contribution >= 4 is 29.9 Å². The van der Waals surface area contributed by atoms with Gasteiger partial charge in [-0.05, 0) is 26.6 Å². The molecular weight excluding hydrogens is 481 g/mol. The lowest BCUT2D eigenvalue weighted by Gasteiger charge is -2.32. The second-order valence-electron chi connectivity index (χ2n) is 7.70.